The molecule has 1 fully saturated rings. The van der Waals surface area contributed by atoms with Crippen LogP contribution in [0.5, 0.6) is 5.75 Å². The molecule has 1 saturated heterocycles. The second-order valence-electron chi connectivity index (χ2n) is 10.2. The monoisotopic (exact) mass is 483 g/mol. The highest BCUT2D eigenvalue weighted by Gasteiger charge is 2.47. The summed E-state index contributed by atoms with van der Waals surface area (Å²) < 4.78 is 5.52. The molecular formula is C29H33N5O2. The number of nitrogens with one attached hydrogen (secondary N) is 1. The number of piperidine rings is 1. The largest absolute Gasteiger partial charge is 0.497 e. The molecule has 7 nitrogen and oxygen atoms in total. The van der Waals surface area contributed by atoms with Crippen molar-refractivity contribution >= 4 is 10.9 Å². The third-order valence-corrected chi connectivity index (χ3v) is 8.08. The van der Waals surface area contributed by atoms with E-state index < -0.39 is 0 Å². The Hall–Kier alpha value is -3.26. The third-order valence-electron chi connectivity index (χ3n) is 8.08. The first-order valence-corrected chi connectivity index (χ1v) is 12.7. The predicted octanol–water partition coefficient (Wildman–Crippen LogP) is 4.05. The second-order valence-corrected chi connectivity index (χ2v) is 10.2. The van der Waals surface area contributed by atoms with Crippen molar-refractivity contribution in [3.8, 4) is 5.75 Å². The molecular weight excluding hydrogens is 450 g/mol. The Morgan fingerprint density at radius 3 is 2.53 bits per heavy atom. The average molecular weight is 484 g/mol. The van der Waals surface area contributed by atoms with E-state index >= 15 is 0 Å². The number of rotatable bonds is 6. The first kappa shape index (κ1) is 23.2. The number of ether oxygens (including phenoxy) is 1. The molecule has 4 heterocycles. The molecule has 7 heteroatoms. The minimum atomic E-state index is -0.0660. The summed E-state index contributed by atoms with van der Waals surface area (Å²) in [5.74, 6) is 0.844. The van der Waals surface area contributed by atoms with Gasteiger partial charge < -0.3 is 14.8 Å². The van der Waals surface area contributed by atoms with Gasteiger partial charge in [0, 0.05) is 65.7 Å². The Morgan fingerprint density at radius 2 is 1.81 bits per heavy atom. The molecule has 2 aromatic carbocycles. The molecule has 0 bridgehead atoms. The summed E-state index contributed by atoms with van der Waals surface area (Å²) in [6, 6.07) is 16.9. The zero-order chi connectivity index (χ0) is 24.5. The molecule has 1 spiro atoms. The number of aliphatic hydroxyl groups is 1. The summed E-state index contributed by atoms with van der Waals surface area (Å²) in [6.45, 7) is 4.74. The number of methoxy groups -OCH3 is 1. The molecule has 0 saturated carbocycles. The van der Waals surface area contributed by atoms with Crippen LogP contribution in [0.3, 0.4) is 0 Å². The van der Waals surface area contributed by atoms with Crippen LogP contribution in [-0.2, 0) is 18.5 Å². The molecule has 4 aromatic rings. The predicted molar refractivity (Wildman–Crippen MR) is 140 cm³/mol. The van der Waals surface area contributed by atoms with Gasteiger partial charge in [-0.05, 0) is 49.2 Å². The smallest absolute Gasteiger partial charge is 0.120 e. The van der Waals surface area contributed by atoms with Gasteiger partial charge in [-0.3, -0.25) is 9.80 Å². The van der Waals surface area contributed by atoms with Crippen molar-refractivity contribution in [2.24, 2.45) is 0 Å². The van der Waals surface area contributed by atoms with Crippen molar-refractivity contribution in [1.82, 2.24) is 24.8 Å². The summed E-state index contributed by atoms with van der Waals surface area (Å²) in [5.41, 5.74) is 6.09. The topological polar surface area (TPSA) is 77.5 Å². The fourth-order valence-electron chi connectivity index (χ4n) is 6.31. The second kappa shape index (κ2) is 9.65. The van der Waals surface area contributed by atoms with Crippen molar-refractivity contribution in [3.05, 3.63) is 89.6 Å². The van der Waals surface area contributed by atoms with Crippen LogP contribution in [0.25, 0.3) is 10.9 Å². The van der Waals surface area contributed by atoms with Crippen molar-refractivity contribution < 1.29 is 9.84 Å². The molecule has 2 N–H and O–H groups in total. The molecule has 0 radical (unpaired) electrons. The maximum atomic E-state index is 10.6. The van der Waals surface area contributed by atoms with E-state index in [1.165, 1.54) is 16.5 Å². The number of hydrogen-bond acceptors (Lipinski definition) is 6. The molecule has 0 unspecified atom stereocenters. The van der Waals surface area contributed by atoms with Gasteiger partial charge in [0.2, 0.25) is 0 Å². The third kappa shape index (κ3) is 4.17. The van der Waals surface area contributed by atoms with E-state index in [2.05, 4.69) is 73.3 Å². The van der Waals surface area contributed by atoms with E-state index in [1.807, 2.05) is 12.4 Å². The molecule has 2 aromatic heterocycles. The number of hydrogen-bond donors (Lipinski definition) is 2. The lowest BCUT2D eigenvalue weighted by Gasteiger charge is -2.50. The lowest BCUT2D eigenvalue weighted by atomic mass is 9.68. The Morgan fingerprint density at radius 1 is 1.03 bits per heavy atom. The fourth-order valence-corrected chi connectivity index (χ4v) is 6.31. The van der Waals surface area contributed by atoms with Crippen LogP contribution in [0.15, 0.2) is 67.3 Å². The molecule has 186 valence electrons. The van der Waals surface area contributed by atoms with Crippen molar-refractivity contribution in [3.63, 3.8) is 0 Å². The van der Waals surface area contributed by atoms with E-state index in [-0.39, 0.29) is 18.1 Å². The molecule has 0 amide bonds. The molecule has 2 aliphatic rings. The van der Waals surface area contributed by atoms with Gasteiger partial charge in [0.15, 0.2) is 0 Å². The number of likely N-dealkylation sites (tertiary alicyclic amines) is 1. The molecule has 1 atom stereocenters. The standard InChI is InChI=1S/C29H33N5O2/c1-36-23-7-8-24-25(13-23)32-28-26(18-35)34(17-21-5-3-2-4-6-21)19-29(27(24)28)9-11-33(12-10-29)16-22-14-30-20-31-15-22/h2-8,13-15,20,26,32,35H,9-12,16-19H2,1H3/t26-/m1/s1. The molecule has 0 aliphatic carbocycles. The van der Waals surface area contributed by atoms with E-state index in [0.717, 1.165) is 68.1 Å². The van der Waals surface area contributed by atoms with Gasteiger partial charge in [0.1, 0.15) is 12.1 Å². The summed E-state index contributed by atoms with van der Waals surface area (Å²) >= 11 is 0. The van der Waals surface area contributed by atoms with Crippen LogP contribution in [0.2, 0.25) is 0 Å². The van der Waals surface area contributed by atoms with Crippen LogP contribution in [0.4, 0.5) is 0 Å². The van der Waals surface area contributed by atoms with E-state index in [4.69, 9.17) is 4.74 Å². The van der Waals surface area contributed by atoms with E-state index in [0.29, 0.717) is 0 Å². The zero-order valence-corrected chi connectivity index (χ0v) is 20.7. The van der Waals surface area contributed by atoms with Crippen LogP contribution >= 0.6 is 0 Å². The fraction of sp³-hybridized carbons (Fsp3) is 0.379. The number of fused-ring (bicyclic) bond motifs is 4. The lowest BCUT2D eigenvalue weighted by Crippen LogP contribution is -2.53. The molecule has 6 rings (SSSR count). The minimum Gasteiger partial charge on any atom is -0.497 e. The quantitative estimate of drug-likeness (QED) is 0.431. The van der Waals surface area contributed by atoms with Gasteiger partial charge in [-0.2, -0.15) is 0 Å². The zero-order valence-electron chi connectivity index (χ0n) is 20.7. The SMILES string of the molecule is COc1ccc2c3c([nH]c2c1)[C@@H](CO)N(Cc1ccccc1)CC31CCN(Cc2cncnc2)CC1. The van der Waals surface area contributed by atoms with Gasteiger partial charge in [-0.1, -0.05) is 30.3 Å². The van der Waals surface area contributed by atoms with E-state index in [9.17, 15) is 5.11 Å². The Balaban J connectivity index is 1.37. The minimum absolute atomic E-state index is 0.0201. The number of aromatic nitrogens is 3. The van der Waals surface area contributed by atoms with Crippen LogP contribution < -0.4 is 4.74 Å². The van der Waals surface area contributed by atoms with Crippen molar-refractivity contribution in [2.45, 2.75) is 37.4 Å². The Labute approximate surface area is 211 Å². The Bertz CT molecular complexity index is 1320. The van der Waals surface area contributed by atoms with Gasteiger partial charge in [-0.25, -0.2) is 9.97 Å². The number of nitrogens with zero attached hydrogens (tertiary/aromatic N) is 4. The van der Waals surface area contributed by atoms with Gasteiger partial charge in [-0.15, -0.1) is 0 Å². The maximum absolute atomic E-state index is 10.6. The highest BCUT2D eigenvalue weighted by Crippen LogP contribution is 2.49. The Kier molecular flexibility index (Phi) is 6.21. The number of benzene rings is 2. The van der Waals surface area contributed by atoms with Gasteiger partial charge in [0.25, 0.3) is 0 Å². The highest BCUT2D eigenvalue weighted by atomic mass is 16.5. The van der Waals surface area contributed by atoms with Crippen LogP contribution in [0, 0.1) is 0 Å². The highest BCUT2D eigenvalue weighted by molar-refractivity contribution is 5.87. The van der Waals surface area contributed by atoms with Crippen molar-refractivity contribution in [2.75, 3.05) is 33.4 Å². The first-order chi connectivity index (χ1) is 17.7. The normalized spacial score (nSPS) is 20.0. The summed E-state index contributed by atoms with van der Waals surface area (Å²) in [4.78, 5) is 17.1. The van der Waals surface area contributed by atoms with E-state index in [1.54, 1.807) is 13.4 Å². The molecule has 2 aliphatic heterocycles. The first-order valence-electron chi connectivity index (χ1n) is 12.7. The maximum Gasteiger partial charge on any atom is 0.120 e. The summed E-state index contributed by atoms with van der Waals surface area (Å²) in [5, 5.41) is 11.9. The lowest BCUT2D eigenvalue weighted by molar-refractivity contribution is 0.0420. The van der Waals surface area contributed by atoms with Crippen LogP contribution in [0.1, 0.15) is 41.3 Å². The van der Waals surface area contributed by atoms with Gasteiger partial charge in [0.05, 0.1) is 19.8 Å². The number of aliphatic hydroxyl groups excluding tert-OH is 1. The number of aromatic amines is 1. The average Bonchev–Trinajstić information content (AvgIpc) is 3.31. The summed E-state index contributed by atoms with van der Waals surface area (Å²) in [7, 11) is 1.71. The van der Waals surface area contributed by atoms with Crippen molar-refractivity contribution in [1.29, 1.82) is 0 Å². The molecule has 36 heavy (non-hydrogen) atoms. The van der Waals surface area contributed by atoms with Crippen LogP contribution in [-0.4, -0.2) is 63.2 Å². The number of H-pyrrole nitrogens is 1. The van der Waals surface area contributed by atoms with Gasteiger partial charge >= 0.3 is 0 Å². The summed E-state index contributed by atoms with van der Waals surface area (Å²) in [6.07, 6.45) is 7.54.